The van der Waals surface area contributed by atoms with Gasteiger partial charge in [0.05, 0.1) is 0 Å². The van der Waals surface area contributed by atoms with Crippen molar-refractivity contribution in [1.29, 1.82) is 0 Å². The van der Waals surface area contributed by atoms with Crippen molar-refractivity contribution >= 4 is 11.6 Å². The molecule has 0 amide bonds. The predicted octanol–water partition coefficient (Wildman–Crippen LogP) is 2.56. The summed E-state index contributed by atoms with van der Waals surface area (Å²) in [6.45, 7) is 2.10. The Kier molecular flexibility index (Phi) is 2.77. The molecule has 1 fully saturated rings. The van der Waals surface area contributed by atoms with Crippen molar-refractivity contribution in [2.75, 3.05) is 0 Å². The molecule has 1 aromatic carbocycles. The number of nitrogens with one attached hydrogen (secondary N) is 1. The Morgan fingerprint density at radius 3 is 2.79 bits per heavy atom. The van der Waals surface area contributed by atoms with Crippen LogP contribution in [0.25, 0.3) is 0 Å². The maximum absolute atomic E-state index is 5.97. The van der Waals surface area contributed by atoms with Gasteiger partial charge in [-0.05, 0) is 48.9 Å². The van der Waals surface area contributed by atoms with Crippen molar-refractivity contribution in [3.8, 4) is 0 Å². The Labute approximate surface area is 89.4 Å². The Morgan fingerprint density at radius 1 is 1.50 bits per heavy atom. The summed E-state index contributed by atoms with van der Waals surface area (Å²) in [6, 6.07) is 6.25. The summed E-state index contributed by atoms with van der Waals surface area (Å²) in [7, 11) is 0. The molecule has 76 valence electrons. The molecule has 3 heteroatoms. The molecule has 0 aromatic heterocycles. The molecule has 3 N–H and O–H groups in total. The number of aryl methyl sites for hydroxylation is 1. The highest BCUT2D eigenvalue weighted by Gasteiger charge is 2.32. The van der Waals surface area contributed by atoms with Crippen molar-refractivity contribution < 1.29 is 0 Å². The van der Waals surface area contributed by atoms with E-state index in [1.165, 1.54) is 24.0 Å². The number of halogens is 1. The van der Waals surface area contributed by atoms with Crippen LogP contribution in [-0.4, -0.2) is 0 Å². The van der Waals surface area contributed by atoms with Crippen LogP contribution in [-0.2, 0) is 0 Å². The van der Waals surface area contributed by atoms with E-state index in [-0.39, 0.29) is 6.04 Å². The summed E-state index contributed by atoms with van der Waals surface area (Å²) < 4.78 is 0. The molecule has 1 atom stereocenters. The Bertz CT molecular complexity index is 334. The monoisotopic (exact) mass is 210 g/mol. The first-order valence-electron chi connectivity index (χ1n) is 4.94. The molecule has 0 spiro atoms. The lowest BCUT2D eigenvalue weighted by Gasteiger charge is -2.18. The fraction of sp³-hybridized carbons (Fsp3) is 0.455. The quantitative estimate of drug-likeness (QED) is 0.595. The normalized spacial score (nSPS) is 18.2. The minimum Gasteiger partial charge on any atom is -0.271 e. The van der Waals surface area contributed by atoms with E-state index < -0.39 is 0 Å². The van der Waals surface area contributed by atoms with Gasteiger partial charge in [0.1, 0.15) is 0 Å². The first kappa shape index (κ1) is 9.97. The van der Waals surface area contributed by atoms with Crippen molar-refractivity contribution in [1.82, 2.24) is 5.43 Å². The predicted molar refractivity (Wildman–Crippen MR) is 59.0 cm³/mol. The Hall–Kier alpha value is -0.570. The van der Waals surface area contributed by atoms with Gasteiger partial charge in [0.25, 0.3) is 0 Å². The van der Waals surface area contributed by atoms with E-state index in [0.29, 0.717) is 5.92 Å². The number of nitrogens with two attached hydrogens (primary N) is 1. The molecule has 0 bridgehead atoms. The van der Waals surface area contributed by atoms with Crippen LogP contribution in [0.5, 0.6) is 0 Å². The van der Waals surface area contributed by atoms with Crippen LogP contribution in [0, 0.1) is 12.8 Å². The minimum absolute atomic E-state index is 0.272. The lowest BCUT2D eigenvalue weighted by molar-refractivity contribution is 0.494. The fourth-order valence-corrected chi connectivity index (χ4v) is 2.04. The standard InChI is InChI=1S/C11H15ClN2/c1-7-2-5-9(12)6-10(7)11(14-13)8-3-4-8/h2,5-6,8,11,14H,3-4,13H2,1H3. The van der Waals surface area contributed by atoms with Gasteiger partial charge in [-0.3, -0.25) is 11.3 Å². The summed E-state index contributed by atoms with van der Waals surface area (Å²) in [5, 5.41) is 0.784. The molecule has 0 heterocycles. The SMILES string of the molecule is Cc1ccc(Cl)cc1C(NN)C1CC1. The topological polar surface area (TPSA) is 38.0 Å². The zero-order valence-corrected chi connectivity index (χ0v) is 9.01. The Balaban J connectivity index is 2.32. The van der Waals surface area contributed by atoms with Crippen molar-refractivity contribution in [3.05, 3.63) is 34.3 Å². The van der Waals surface area contributed by atoms with Gasteiger partial charge in [-0.1, -0.05) is 17.7 Å². The largest absolute Gasteiger partial charge is 0.271 e. The van der Waals surface area contributed by atoms with Gasteiger partial charge in [-0.15, -0.1) is 0 Å². The van der Waals surface area contributed by atoms with Crippen LogP contribution in [0.15, 0.2) is 18.2 Å². The molecule has 1 aliphatic carbocycles. The number of hydrogen-bond donors (Lipinski definition) is 2. The molecule has 1 unspecified atom stereocenters. The molecule has 0 aliphatic heterocycles. The summed E-state index contributed by atoms with van der Waals surface area (Å²) >= 11 is 5.97. The molecule has 2 nitrogen and oxygen atoms in total. The van der Waals surface area contributed by atoms with Gasteiger partial charge >= 0.3 is 0 Å². The van der Waals surface area contributed by atoms with E-state index in [1.54, 1.807) is 0 Å². The lowest BCUT2D eigenvalue weighted by Crippen LogP contribution is -2.29. The third-order valence-electron chi connectivity index (χ3n) is 2.85. The zero-order chi connectivity index (χ0) is 10.1. The van der Waals surface area contributed by atoms with Gasteiger partial charge in [-0.25, -0.2) is 0 Å². The molecule has 1 aliphatic rings. The fourth-order valence-electron chi connectivity index (χ4n) is 1.86. The highest BCUT2D eigenvalue weighted by molar-refractivity contribution is 6.30. The summed E-state index contributed by atoms with van der Waals surface area (Å²) in [5.74, 6) is 6.26. The van der Waals surface area contributed by atoms with Gasteiger partial charge in [0.2, 0.25) is 0 Å². The average molecular weight is 211 g/mol. The van der Waals surface area contributed by atoms with Crippen LogP contribution < -0.4 is 11.3 Å². The molecule has 2 rings (SSSR count). The second-order valence-corrected chi connectivity index (χ2v) is 4.42. The number of hydrogen-bond acceptors (Lipinski definition) is 2. The highest BCUT2D eigenvalue weighted by Crippen LogP contribution is 2.41. The van der Waals surface area contributed by atoms with Gasteiger partial charge in [-0.2, -0.15) is 0 Å². The van der Waals surface area contributed by atoms with Crippen LogP contribution in [0.2, 0.25) is 5.02 Å². The number of benzene rings is 1. The minimum atomic E-state index is 0.272. The summed E-state index contributed by atoms with van der Waals surface area (Å²) in [6.07, 6.45) is 2.53. The highest BCUT2D eigenvalue weighted by atomic mass is 35.5. The first-order valence-corrected chi connectivity index (χ1v) is 5.32. The molecule has 1 saturated carbocycles. The lowest BCUT2D eigenvalue weighted by atomic mass is 9.98. The van der Waals surface area contributed by atoms with Crippen LogP contribution >= 0.6 is 11.6 Å². The van der Waals surface area contributed by atoms with Crippen molar-refractivity contribution in [3.63, 3.8) is 0 Å². The molecular formula is C11H15ClN2. The molecule has 0 radical (unpaired) electrons. The van der Waals surface area contributed by atoms with E-state index in [1.807, 2.05) is 18.2 Å². The van der Waals surface area contributed by atoms with E-state index in [0.717, 1.165) is 5.02 Å². The molecule has 0 saturated heterocycles. The third kappa shape index (κ3) is 1.92. The van der Waals surface area contributed by atoms with Crippen LogP contribution in [0.3, 0.4) is 0 Å². The smallest absolute Gasteiger partial charge is 0.0491 e. The van der Waals surface area contributed by atoms with E-state index in [4.69, 9.17) is 17.4 Å². The van der Waals surface area contributed by atoms with Gasteiger partial charge in [0.15, 0.2) is 0 Å². The van der Waals surface area contributed by atoms with Gasteiger partial charge in [0, 0.05) is 11.1 Å². The number of hydrazine groups is 1. The number of rotatable bonds is 3. The Morgan fingerprint density at radius 2 is 2.21 bits per heavy atom. The van der Waals surface area contributed by atoms with Crippen LogP contribution in [0.1, 0.15) is 30.0 Å². The summed E-state index contributed by atoms with van der Waals surface area (Å²) in [4.78, 5) is 0. The second-order valence-electron chi connectivity index (χ2n) is 3.98. The first-order chi connectivity index (χ1) is 6.72. The van der Waals surface area contributed by atoms with Gasteiger partial charge < -0.3 is 0 Å². The van der Waals surface area contributed by atoms with Crippen molar-refractivity contribution in [2.45, 2.75) is 25.8 Å². The third-order valence-corrected chi connectivity index (χ3v) is 3.08. The zero-order valence-electron chi connectivity index (χ0n) is 8.26. The maximum atomic E-state index is 5.97. The molecular weight excluding hydrogens is 196 g/mol. The second kappa shape index (κ2) is 3.89. The van der Waals surface area contributed by atoms with Crippen molar-refractivity contribution in [2.24, 2.45) is 11.8 Å². The van der Waals surface area contributed by atoms with E-state index >= 15 is 0 Å². The molecule has 14 heavy (non-hydrogen) atoms. The van der Waals surface area contributed by atoms with Crippen LogP contribution in [0.4, 0.5) is 0 Å². The average Bonchev–Trinajstić information content (AvgIpc) is 2.96. The van der Waals surface area contributed by atoms with E-state index in [2.05, 4.69) is 12.3 Å². The summed E-state index contributed by atoms with van der Waals surface area (Å²) in [5.41, 5.74) is 5.38. The van der Waals surface area contributed by atoms with E-state index in [9.17, 15) is 0 Å². The maximum Gasteiger partial charge on any atom is 0.0491 e. The molecule has 1 aromatic rings.